The first-order valence-corrected chi connectivity index (χ1v) is 8.21. The number of aromatic nitrogens is 1. The minimum Gasteiger partial charge on any atom is -0.380 e. The summed E-state index contributed by atoms with van der Waals surface area (Å²) in [4.78, 5) is 18.5. The number of pyridine rings is 1. The fourth-order valence-corrected chi connectivity index (χ4v) is 2.90. The number of benzene rings is 1. The summed E-state index contributed by atoms with van der Waals surface area (Å²) in [5, 5.41) is 4.70. The van der Waals surface area contributed by atoms with Gasteiger partial charge in [0, 0.05) is 36.4 Å². The fraction of sp³-hybridized carbons (Fsp3) is 0.368. The summed E-state index contributed by atoms with van der Waals surface area (Å²) < 4.78 is 0. The van der Waals surface area contributed by atoms with E-state index in [9.17, 15) is 4.79 Å². The number of carbonyl (C=O) groups is 1. The Hall–Kier alpha value is -2.36. The molecule has 1 aliphatic rings. The molecule has 1 unspecified atom stereocenters. The third-order valence-corrected chi connectivity index (χ3v) is 4.13. The van der Waals surface area contributed by atoms with E-state index in [1.165, 1.54) is 0 Å². The third-order valence-electron chi connectivity index (χ3n) is 4.13. The molecule has 0 saturated carbocycles. The van der Waals surface area contributed by atoms with E-state index >= 15 is 0 Å². The van der Waals surface area contributed by atoms with E-state index < -0.39 is 0 Å². The van der Waals surface area contributed by atoms with Crippen LogP contribution in [0, 0.1) is 5.92 Å². The van der Waals surface area contributed by atoms with E-state index in [0.29, 0.717) is 5.92 Å². The molecule has 1 fully saturated rings. The van der Waals surface area contributed by atoms with Gasteiger partial charge >= 0.3 is 0 Å². The second kappa shape index (κ2) is 6.82. The molecule has 1 aromatic carbocycles. The van der Waals surface area contributed by atoms with Crippen LogP contribution in [0.4, 0.5) is 5.69 Å². The van der Waals surface area contributed by atoms with Crippen LogP contribution in [0.3, 0.4) is 0 Å². The molecule has 0 spiro atoms. The zero-order valence-corrected chi connectivity index (χ0v) is 13.7. The molecule has 4 nitrogen and oxygen atoms in total. The maximum Gasteiger partial charge on any atom is 0.246 e. The van der Waals surface area contributed by atoms with Gasteiger partial charge in [0.05, 0.1) is 5.52 Å². The molecular weight excluding hydrogens is 286 g/mol. The van der Waals surface area contributed by atoms with Gasteiger partial charge in [-0.3, -0.25) is 9.78 Å². The fourth-order valence-electron chi connectivity index (χ4n) is 2.90. The number of nitrogens with zero attached hydrogens (tertiary/aromatic N) is 2. The zero-order chi connectivity index (χ0) is 16.2. The number of hydrogen-bond donors (Lipinski definition) is 1. The van der Waals surface area contributed by atoms with Crippen LogP contribution in [-0.2, 0) is 4.79 Å². The molecule has 1 N–H and O–H groups in total. The van der Waals surface area contributed by atoms with E-state index in [1.807, 2.05) is 41.4 Å². The molecule has 2 aromatic rings. The van der Waals surface area contributed by atoms with Gasteiger partial charge in [-0.2, -0.15) is 0 Å². The quantitative estimate of drug-likeness (QED) is 0.880. The van der Waals surface area contributed by atoms with Crippen molar-refractivity contribution in [3.63, 3.8) is 0 Å². The SMILES string of the molecule is CC(C)C=CC(=O)N1CCC(Nc2ccnc3ccccc23)C1. The smallest absolute Gasteiger partial charge is 0.246 e. The number of fused-ring (bicyclic) bond motifs is 1. The Kier molecular flexibility index (Phi) is 4.60. The van der Waals surface area contributed by atoms with Gasteiger partial charge in [0.1, 0.15) is 0 Å². The molecule has 2 heterocycles. The average Bonchev–Trinajstić information content (AvgIpc) is 3.01. The lowest BCUT2D eigenvalue weighted by molar-refractivity contribution is -0.125. The van der Waals surface area contributed by atoms with E-state index in [2.05, 4.69) is 30.2 Å². The normalized spacial score (nSPS) is 18.2. The molecular formula is C19H23N3O. The Morgan fingerprint density at radius 3 is 3.00 bits per heavy atom. The van der Waals surface area contributed by atoms with Crippen molar-refractivity contribution in [2.24, 2.45) is 5.92 Å². The molecule has 1 amide bonds. The van der Waals surface area contributed by atoms with Crippen LogP contribution in [0.1, 0.15) is 20.3 Å². The number of carbonyl (C=O) groups excluding carboxylic acids is 1. The third kappa shape index (κ3) is 3.70. The molecule has 1 aromatic heterocycles. The van der Waals surface area contributed by atoms with E-state index in [0.717, 1.165) is 36.1 Å². The lowest BCUT2D eigenvalue weighted by Crippen LogP contribution is -2.30. The molecule has 1 atom stereocenters. The largest absolute Gasteiger partial charge is 0.380 e. The van der Waals surface area contributed by atoms with E-state index in [4.69, 9.17) is 0 Å². The summed E-state index contributed by atoms with van der Waals surface area (Å²) in [6, 6.07) is 10.4. The minimum absolute atomic E-state index is 0.114. The Balaban J connectivity index is 1.67. The second-order valence-electron chi connectivity index (χ2n) is 6.39. The number of allylic oxidation sites excluding steroid dienone is 1. The number of anilines is 1. The highest BCUT2D eigenvalue weighted by atomic mass is 16.2. The van der Waals surface area contributed by atoms with Crippen molar-refractivity contribution in [1.82, 2.24) is 9.88 Å². The van der Waals surface area contributed by atoms with Gasteiger partial charge in [-0.15, -0.1) is 0 Å². The zero-order valence-electron chi connectivity index (χ0n) is 13.7. The summed E-state index contributed by atoms with van der Waals surface area (Å²) in [5.41, 5.74) is 2.08. The van der Waals surface area contributed by atoms with Gasteiger partial charge in [-0.25, -0.2) is 0 Å². The monoisotopic (exact) mass is 309 g/mol. The number of rotatable bonds is 4. The highest BCUT2D eigenvalue weighted by molar-refractivity contribution is 5.91. The number of likely N-dealkylation sites (tertiary alicyclic amines) is 1. The molecule has 23 heavy (non-hydrogen) atoms. The van der Waals surface area contributed by atoms with Crippen molar-refractivity contribution in [2.45, 2.75) is 26.3 Å². The minimum atomic E-state index is 0.114. The predicted octanol–water partition coefficient (Wildman–Crippen LogP) is 3.46. The highest BCUT2D eigenvalue weighted by Gasteiger charge is 2.25. The van der Waals surface area contributed by atoms with E-state index in [1.54, 1.807) is 6.08 Å². The van der Waals surface area contributed by atoms with Gasteiger partial charge in [-0.05, 0) is 30.5 Å². The van der Waals surface area contributed by atoms with Crippen LogP contribution in [0.5, 0.6) is 0 Å². The van der Waals surface area contributed by atoms with E-state index in [-0.39, 0.29) is 11.9 Å². The van der Waals surface area contributed by atoms with Gasteiger partial charge in [-0.1, -0.05) is 38.1 Å². The van der Waals surface area contributed by atoms with Crippen LogP contribution < -0.4 is 5.32 Å². The first-order valence-electron chi connectivity index (χ1n) is 8.21. The lowest BCUT2D eigenvalue weighted by atomic mass is 10.1. The molecule has 3 rings (SSSR count). The van der Waals surface area contributed by atoms with Crippen LogP contribution in [0.15, 0.2) is 48.7 Å². The molecule has 4 heteroatoms. The molecule has 0 radical (unpaired) electrons. The summed E-state index contributed by atoms with van der Waals surface area (Å²) in [7, 11) is 0. The molecule has 120 valence electrons. The Morgan fingerprint density at radius 1 is 1.35 bits per heavy atom. The molecule has 0 bridgehead atoms. The first kappa shape index (κ1) is 15.5. The number of hydrogen-bond acceptors (Lipinski definition) is 3. The molecule has 0 aliphatic carbocycles. The summed E-state index contributed by atoms with van der Waals surface area (Å²) in [6.45, 7) is 5.71. The van der Waals surface area contributed by atoms with Gasteiger partial charge in [0.15, 0.2) is 0 Å². The maximum absolute atomic E-state index is 12.2. The van der Waals surface area contributed by atoms with Crippen LogP contribution in [0.2, 0.25) is 0 Å². The average molecular weight is 309 g/mol. The summed E-state index contributed by atoms with van der Waals surface area (Å²) >= 11 is 0. The van der Waals surface area contributed by atoms with Crippen LogP contribution in [0.25, 0.3) is 10.9 Å². The Morgan fingerprint density at radius 2 is 2.17 bits per heavy atom. The first-order chi connectivity index (χ1) is 11.1. The molecule has 1 saturated heterocycles. The van der Waals surface area contributed by atoms with Gasteiger partial charge in [0.2, 0.25) is 5.91 Å². The van der Waals surface area contributed by atoms with Crippen molar-refractivity contribution in [2.75, 3.05) is 18.4 Å². The standard InChI is InChI=1S/C19H23N3O/c1-14(2)7-8-19(23)22-12-10-15(13-22)21-18-9-11-20-17-6-4-3-5-16(17)18/h3-9,11,14-15H,10,12-13H2,1-2H3,(H,20,21). The van der Waals surface area contributed by atoms with Crippen molar-refractivity contribution < 1.29 is 4.79 Å². The van der Waals surface area contributed by atoms with Crippen molar-refractivity contribution in [3.05, 3.63) is 48.7 Å². The summed E-state index contributed by atoms with van der Waals surface area (Å²) in [5.74, 6) is 0.515. The Bertz CT molecular complexity index is 718. The number of amides is 1. The van der Waals surface area contributed by atoms with Crippen molar-refractivity contribution in [1.29, 1.82) is 0 Å². The number of nitrogens with one attached hydrogen (secondary N) is 1. The molecule has 1 aliphatic heterocycles. The maximum atomic E-state index is 12.2. The van der Waals surface area contributed by atoms with Gasteiger partial charge < -0.3 is 10.2 Å². The predicted molar refractivity (Wildman–Crippen MR) is 94.3 cm³/mol. The van der Waals surface area contributed by atoms with Crippen LogP contribution in [-0.4, -0.2) is 34.9 Å². The summed E-state index contributed by atoms with van der Waals surface area (Å²) in [6.07, 6.45) is 6.46. The van der Waals surface area contributed by atoms with Crippen molar-refractivity contribution in [3.8, 4) is 0 Å². The lowest BCUT2D eigenvalue weighted by Gasteiger charge is -2.17. The highest BCUT2D eigenvalue weighted by Crippen LogP contribution is 2.24. The topological polar surface area (TPSA) is 45.2 Å². The Labute approximate surface area is 137 Å². The van der Waals surface area contributed by atoms with Crippen molar-refractivity contribution >= 4 is 22.5 Å². The van der Waals surface area contributed by atoms with Gasteiger partial charge in [0.25, 0.3) is 0 Å². The van der Waals surface area contributed by atoms with Crippen LogP contribution >= 0.6 is 0 Å². The second-order valence-corrected chi connectivity index (χ2v) is 6.39. The number of para-hydroxylation sites is 1.